The van der Waals surface area contributed by atoms with Gasteiger partial charge >= 0.3 is 0 Å². The van der Waals surface area contributed by atoms with Gasteiger partial charge in [-0.1, -0.05) is 0 Å². The predicted octanol–water partition coefficient (Wildman–Crippen LogP) is 1.86. The summed E-state index contributed by atoms with van der Waals surface area (Å²) in [7, 11) is 0. The summed E-state index contributed by atoms with van der Waals surface area (Å²) in [4.78, 5) is 5.26. The Hall–Kier alpha value is -0.850. The van der Waals surface area contributed by atoms with E-state index >= 15 is 0 Å². The molecule has 0 aliphatic heterocycles. The Morgan fingerprint density at radius 1 is 1.75 bits per heavy atom. The molecule has 0 spiro atoms. The van der Waals surface area contributed by atoms with E-state index in [9.17, 15) is 0 Å². The first-order valence-electron chi connectivity index (χ1n) is 3.81. The van der Waals surface area contributed by atoms with Crippen molar-refractivity contribution >= 4 is 11.3 Å². The van der Waals surface area contributed by atoms with Crippen LogP contribution in [-0.2, 0) is 0 Å². The van der Waals surface area contributed by atoms with E-state index in [4.69, 9.17) is 5.73 Å². The van der Waals surface area contributed by atoms with Gasteiger partial charge in [-0.25, -0.2) is 4.98 Å². The van der Waals surface area contributed by atoms with Crippen molar-refractivity contribution < 1.29 is 0 Å². The molecule has 64 valence electrons. The van der Waals surface area contributed by atoms with Crippen LogP contribution >= 0.6 is 11.3 Å². The fourth-order valence-electron chi connectivity index (χ4n) is 0.862. The molecule has 1 unspecified atom stereocenters. The van der Waals surface area contributed by atoms with Crippen molar-refractivity contribution in [2.75, 3.05) is 0 Å². The van der Waals surface area contributed by atoms with Gasteiger partial charge in [0.2, 0.25) is 0 Å². The first-order valence-corrected chi connectivity index (χ1v) is 4.63. The zero-order chi connectivity index (χ0) is 8.97. The third-order valence-electron chi connectivity index (χ3n) is 1.50. The van der Waals surface area contributed by atoms with Crippen LogP contribution in [0, 0.1) is 18.8 Å². The van der Waals surface area contributed by atoms with Crippen LogP contribution in [0.25, 0.3) is 0 Å². The standard InChI is InChI=1S/C9H12N2S/c1-3-4-5-8(10)9-6-11-7(2)12-9/h6,8H,5,10H2,1-2H3. The maximum atomic E-state index is 5.86. The summed E-state index contributed by atoms with van der Waals surface area (Å²) in [6.07, 6.45) is 2.56. The molecule has 2 nitrogen and oxygen atoms in total. The lowest BCUT2D eigenvalue weighted by Crippen LogP contribution is -2.06. The number of aryl methyl sites for hydroxylation is 1. The van der Waals surface area contributed by atoms with E-state index in [1.165, 1.54) is 0 Å². The first-order chi connectivity index (χ1) is 5.74. The highest BCUT2D eigenvalue weighted by atomic mass is 32.1. The molecule has 12 heavy (non-hydrogen) atoms. The molecular weight excluding hydrogens is 168 g/mol. The van der Waals surface area contributed by atoms with Crippen LogP contribution in [0.2, 0.25) is 0 Å². The molecule has 1 aromatic rings. The number of nitrogens with two attached hydrogens (primary N) is 1. The lowest BCUT2D eigenvalue weighted by Gasteiger charge is -2.01. The van der Waals surface area contributed by atoms with Gasteiger partial charge in [0.25, 0.3) is 0 Å². The Labute approximate surface area is 76.8 Å². The van der Waals surface area contributed by atoms with Gasteiger partial charge in [-0.05, 0) is 13.8 Å². The third kappa shape index (κ3) is 2.33. The van der Waals surface area contributed by atoms with E-state index in [2.05, 4.69) is 16.8 Å². The number of rotatable bonds is 2. The maximum Gasteiger partial charge on any atom is 0.0897 e. The van der Waals surface area contributed by atoms with Crippen LogP contribution in [0.1, 0.15) is 29.3 Å². The minimum Gasteiger partial charge on any atom is -0.322 e. The highest BCUT2D eigenvalue weighted by molar-refractivity contribution is 7.11. The number of nitrogens with zero attached hydrogens (tertiary/aromatic N) is 1. The number of thiazole rings is 1. The molecule has 0 aromatic carbocycles. The summed E-state index contributed by atoms with van der Waals surface area (Å²) in [5.41, 5.74) is 5.86. The van der Waals surface area contributed by atoms with Crippen molar-refractivity contribution in [3.8, 4) is 11.8 Å². The van der Waals surface area contributed by atoms with Gasteiger partial charge in [0, 0.05) is 17.5 Å². The van der Waals surface area contributed by atoms with Crippen molar-refractivity contribution in [2.24, 2.45) is 5.73 Å². The Morgan fingerprint density at radius 3 is 3.00 bits per heavy atom. The fourth-order valence-corrected chi connectivity index (χ4v) is 1.65. The zero-order valence-corrected chi connectivity index (χ0v) is 8.11. The summed E-state index contributed by atoms with van der Waals surface area (Å²) < 4.78 is 0. The van der Waals surface area contributed by atoms with Crippen LogP contribution in [0.4, 0.5) is 0 Å². The topological polar surface area (TPSA) is 38.9 Å². The highest BCUT2D eigenvalue weighted by Gasteiger charge is 2.06. The molecular formula is C9H12N2S. The number of hydrogen-bond donors (Lipinski definition) is 1. The maximum absolute atomic E-state index is 5.86. The summed E-state index contributed by atoms with van der Waals surface area (Å²) in [5, 5.41) is 1.06. The Balaban J connectivity index is 2.62. The van der Waals surface area contributed by atoms with Crippen molar-refractivity contribution in [3.05, 3.63) is 16.1 Å². The number of aromatic nitrogens is 1. The zero-order valence-electron chi connectivity index (χ0n) is 7.29. The third-order valence-corrected chi connectivity index (χ3v) is 2.55. The molecule has 0 saturated heterocycles. The molecule has 0 amide bonds. The van der Waals surface area contributed by atoms with E-state index in [1.54, 1.807) is 11.3 Å². The second-order valence-electron chi connectivity index (χ2n) is 2.52. The SMILES string of the molecule is CC#CCC(N)c1cnc(C)s1. The Kier molecular flexibility index (Phi) is 3.27. The van der Waals surface area contributed by atoms with Crippen molar-refractivity contribution in [1.29, 1.82) is 0 Å². The van der Waals surface area contributed by atoms with Crippen molar-refractivity contribution in [2.45, 2.75) is 26.3 Å². The normalized spacial score (nSPS) is 11.9. The second kappa shape index (κ2) is 4.24. The molecule has 1 aromatic heterocycles. The van der Waals surface area contributed by atoms with Gasteiger partial charge in [-0.2, -0.15) is 0 Å². The minimum atomic E-state index is 0.0312. The molecule has 0 aliphatic rings. The Bertz CT molecular complexity index is 306. The van der Waals surface area contributed by atoms with Crippen LogP contribution in [0.5, 0.6) is 0 Å². The van der Waals surface area contributed by atoms with E-state index in [0.29, 0.717) is 0 Å². The summed E-state index contributed by atoms with van der Waals surface area (Å²) in [5.74, 6) is 5.79. The summed E-state index contributed by atoms with van der Waals surface area (Å²) in [6.45, 7) is 3.80. The first kappa shape index (κ1) is 9.24. The number of hydrogen-bond acceptors (Lipinski definition) is 3. The molecule has 3 heteroatoms. The van der Waals surface area contributed by atoms with E-state index in [0.717, 1.165) is 16.3 Å². The van der Waals surface area contributed by atoms with Crippen molar-refractivity contribution in [1.82, 2.24) is 4.98 Å². The second-order valence-corrected chi connectivity index (χ2v) is 3.79. The molecule has 0 radical (unpaired) electrons. The predicted molar refractivity (Wildman–Crippen MR) is 51.8 cm³/mol. The molecule has 1 heterocycles. The molecule has 1 rings (SSSR count). The molecule has 0 bridgehead atoms. The quantitative estimate of drug-likeness (QED) is 0.706. The van der Waals surface area contributed by atoms with E-state index in [-0.39, 0.29) is 6.04 Å². The van der Waals surface area contributed by atoms with Gasteiger partial charge in [-0.3, -0.25) is 0 Å². The van der Waals surface area contributed by atoms with Gasteiger partial charge in [0.1, 0.15) is 0 Å². The average molecular weight is 180 g/mol. The molecule has 0 fully saturated rings. The van der Waals surface area contributed by atoms with E-state index < -0.39 is 0 Å². The lowest BCUT2D eigenvalue weighted by molar-refractivity contribution is 0.768. The van der Waals surface area contributed by atoms with Crippen LogP contribution in [0.15, 0.2) is 6.20 Å². The highest BCUT2D eigenvalue weighted by Crippen LogP contribution is 2.20. The van der Waals surface area contributed by atoms with Crippen LogP contribution in [0.3, 0.4) is 0 Å². The fraction of sp³-hybridized carbons (Fsp3) is 0.444. The minimum absolute atomic E-state index is 0.0312. The van der Waals surface area contributed by atoms with Gasteiger partial charge in [0.15, 0.2) is 0 Å². The van der Waals surface area contributed by atoms with Crippen molar-refractivity contribution in [3.63, 3.8) is 0 Å². The average Bonchev–Trinajstić information content (AvgIpc) is 2.47. The smallest absolute Gasteiger partial charge is 0.0897 e. The lowest BCUT2D eigenvalue weighted by atomic mass is 10.2. The largest absolute Gasteiger partial charge is 0.322 e. The molecule has 1 atom stereocenters. The molecule has 0 aliphatic carbocycles. The van der Waals surface area contributed by atoms with Gasteiger partial charge < -0.3 is 5.73 Å². The van der Waals surface area contributed by atoms with Gasteiger partial charge in [-0.15, -0.1) is 23.2 Å². The molecule has 0 saturated carbocycles. The molecule has 2 N–H and O–H groups in total. The van der Waals surface area contributed by atoms with E-state index in [1.807, 2.05) is 20.0 Å². The van der Waals surface area contributed by atoms with Gasteiger partial charge in [0.05, 0.1) is 11.0 Å². The van der Waals surface area contributed by atoms with Crippen LogP contribution < -0.4 is 5.73 Å². The summed E-state index contributed by atoms with van der Waals surface area (Å²) in [6, 6.07) is 0.0312. The Morgan fingerprint density at radius 2 is 2.50 bits per heavy atom. The monoisotopic (exact) mass is 180 g/mol. The van der Waals surface area contributed by atoms with Crippen LogP contribution in [-0.4, -0.2) is 4.98 Å². The summed E-state index contributed by atoms with van der Waals surface area (Å²) >= 11 is 1.64.